The predicted octanol–water partition coefficient (Wildman–Crippen LogP) is 4.33. The highest BCUT2D eigenvalue weighted by Gasteiger charge is 2.56. The van der Waals surface area contributed by atoms with Crippen molar-refractivity contribution in [1.29, 1.82) is 0 Å². The molecule has 7 heteroatoms. The molecule has 7 rings (SSSR count). The molecule has 0 spiro atoms. The Morgan fingerprint density at radius 2 is 2.06 bits per heavy atom. The van der Waals surface area contributed by atoms with Gasteiger partial charge in [0.15, 0.2) is 5.65 Å². The maximum Gasteiger partial charge on any atom is 0.252 e. The van der Waals surface area contributed by atoms with E-state index in [2.05, 4.69) is 10.4 Å². The molecule has 4 bridgehead atoms. The van der Waals surface area contributed by atoms with Crippen molar-refractivity contribution in [2.45, 2.75) is 50.7 Å². The topological polar surface area (TPSA) is 69.0 Å². The Bertz CT molecular complexity index is 1150. The first-order chi connectivity index (χ1) is 15.0. The van der Waals surface area contributed by atoms with Gasteiger partial charge in [0.2, 0.25) is 0 Å². The Labute approximate surface area is 186 Å². The fraction of sp³-hybridized carbons (Fsp3) is 0.542. The van der Waals surface area contributed by atoms with Gasteiger partial charge in [0.05, 0.1) is 32.8 Å². The monoisotopic (exact) mass is 436 g/mol. The second kappa shape index (κ2) is 6.87. The lowest BCUT2D eigenvalue weighted by Crippen LogP contribution is -2.62. The molecule has 4 aliphatic rings. The van der Waals surface area contributed by atoms with E-state index in [0.29, 0.717) is 17.4 Å². The van der Waals surface area contributed by atoms with E-state index in [1.54, 1.807) is 16.0 Å². The number of thiophene rings is 1. The fourth-order valence-electron chi connectivity index (χ4n) is 6.84. The highest BCUT2D eigenvalue weighted by Crippen LogP contribution is 2.57. The summed E-state index contributed by atoms with van der Waals surface area (Å²) in [5, 5.41) is 10.9. The van der Waals surface area contributed by atoms with Gasteiger partial charge in [-0.1, -0.05) is 6.07 Å². The minimum absolute atomic E-state index is 0.00486. The van der Waals surface area contributed by atoms with Crippen LogP contribution in [0.4, 0.5) is 0 Å². The number of methoxy groups -OCH3 is 1. The lowest BCUT2D eigenvalue weighted by atomic mass is 9.52. The number of ether oxygens (including phenoxy) is 1. The molecule has 4 aliphatic carbocycles. The van der Waals surface area contributed by atoms with E-state index < -0.39 is 0 Å². The maximum atomic E-state index is 13.7. The number of nitrogens with one attached hydrogen (secondary N) is 1. The van der Waals surface area contributed by atoms with Crippen LogP contribution < -0.4 is 5.32 Å². The summed E-state index contributed by atoms with van der Waals surface area (Å²) in [7, 11) is 3.76. The average Bonchev–Trinajstić information content (AvgIpc) is 3.38. The summed E-state index contributed by atoms with van der Waals surface area (Å²) in [5.41, 5.74) is 3.18. The fourth-order valence-corrected chi connectivity index (χ4v) is 7.53. The van der Waals surface area contributed by atoms with Gasteiger partial charge < -0.3 is 10.1 Å². The molecule has 2 atom stereocenters. The molecule has 0 aliphatic heterocycles. The number of aromatic nitrogens is 3. The van der Waals surface area contributed by atoms with E-state index in [4.69, 9.17) is 9.72 Å². The third kappa shape index (κ3) is 2.97. The van der Waals surface area contributed by atoms with E-state index >= 15 is 0 Å². The van der Waals surface area contributed by atoms with Crippen LogP contribution in [0.5, 0.6) is 0 Å². The van der Waals surface area contributed by atoms with Crippen molar-refractivity contribution in [1.82, 2.24) is 20.1 Å². The molecule has 2 unspecified atom stereocenters. The number of carbonyl (C=O) groups is 1. The first kappa shape index (κ1) is 19.4. The molecule has 3 aromatic heterocycles. The van der Waals surface area contributed by atoms with Crippen LogP contribution in [-0.2, 0) is 11.8 Å². The third-order valence-corrected chi connectivity index (χ3v) is 8.83. The summed E-state index contributed by atoms with van der Waals surface area (Å²) in [5.74, 6) is 1.79. The smallest absolute Gasteiger partial charge is 0.252 e. The largest absolute Gasteiger partial charge is 0.378 e. The summed E-state index contributed by atoms with van der Waals surface area (Å²) in [6, 6.07) is 6.24. The van der Waals surface area contributed by atoms with Crippen LogP contribution in [0.2, 0.25) is 0 Å². The van der Waals surface area contributed by atoms with Crippen LogP contribution in [-0.4, -0.2) is 39.4 Å². The Kier molecular flexibility index (Phi) is 4.31. The number of amides is 1. The average molecular weight is 437 g/mol. The summed E-state index contributed by atoms with van der Waals surface area (Å²) >= 11 is 1.64. The van der Waals surface area contributed by atoms with Crippen molar-refractivity contribution in [2.24, 2.45) is 24.8 Å². The molecule has 31 heavy (non-hydrogen) atoms. The molecule has 4 fully saturated rings. The van der Waals surface area contributed by atoms with Crippen LogP contribution in [0.3, 0.4) is 0 Å². The Balaban J connectivity index is 1.37. The summed E-state index contributed by atoms with van der Waals surface area (Å²) in [6.07, 6.45) is 5.76. The van der Waals surface area contributed by atoms with Crippen molar-refractivity contribution in [2.75, 3.05) is 7.11 Å². The number of hydrogen-bond acceptors (Lipinski definition) is 5. The van der Waals surface area contributed by atoms with Gasteiger partial charge in [-0.25, -0.2) is 4.98 Å². The van der Waals surface area contributed by atoms with E-state index in [1.807, 2.05) is 44.7 Å². The molecule has 0 radical (unpaired) electrons. The van der Waals surface area contributed by atoms with Gasteiger partial charge in [0, 0.05) is 20.2 Å². The van der Waals surface area contributed by atoms with Crippen molar-refractivity contribution < 1.29 is 9.53 Å². The second-order valence-corrected chi connectivity index (χ2v) is 10.7. The van der Waals surface area contributed by atoms with E-state index in [0.717, 1.165) is 46.1 Å². The zero-order valence-corrected chi connectivity index (χ0v) is 19.0. The quantitative estimate of drug-likeness (QED) is 0.661. The van der Waals surface area contributed by atoms with Gasteiger partial charge in [-0.05, 0) is 74.3 Å². The predicted molar refractivity (Wildman–Crippen MR) is 121 cm³/mol. The first-order valence-corrected chi connectivity index (χ1v) is 12.1. The normalized spacial score (nSPS) is 31.5. The molecule has 1 amide bonds. The number of aryl methyl sites for hydroxylation is 2. The Hall–Kier alpha value is -2.25. The van der Waals surface area contributed by atoms with Crippen LogP contribution >= 0.6 is 11.3 Å². The summed E-state index contributed by atoms with van der Waals surface area (Å²) in [6.45, 7) is 1.96. The van der Waals surface area contributed by atoms with Gasteiger partial charge in [0.1, 0.15) is 0 Å². The number of rotatable bonds is 4. The second-order valence-electron chi connectivity index (χ2n) is 9.80. The highest BCUT2D eigenvalue weighted by molar-refractivity contribution is 7.13. The number of hydrogen-bond donors (Lipinski definition) is 1. The van der Waals surface area contributed by atoms with E-state index in [9.17, 15) is 4.79 Å². The zero-order valence-electron chi connectivity index (χ0n) is 18.2. The van der Waals surface area contributed by atoms with Crippen LogP contribution in [0.1, 0.15) is 48.2 Å². The third-order valence-electron chi connectivity index (χ3n) is 7.93. The zero-order chi connectivity index (χ0) is 21.3. The number of nitrogens with zero attached hydrogens (tertiary/aromatic N) is 3. The summed E-state index contributed by atoms with van der Waals surface area (Å²) < 4.78 is 7.77. The Morgan fingerprint density at radius 3 is 2.74 bits per heavy atom. The summed E-state index contributed by atoms with van der Waals surface area (Å²) in [4.78, 5) is 19.6. The molecule has 3 heterocycles. The first-order valence-electron chi connectivity index (χ1n) is 11.2. The molecule has 4 saturated carbocycles. The minimum atomic E-state index is 0.00486. The van der Waals surface area contributed by atoms with Crippen molar-refractivity contribution >= 4 is 28.3 Å². The molecule has 6 nitrogen and oxygen atoms in total. The molecule has 162 valence electrons. The standard InChI is InChI=1S/C24H28N4O2S/c1-13-20-17(9-18(19-5-4-6-31-19)25-22(20)28(2)27-13)23(29)26-21-15-7-14-8-16(21)12-24(10-14,11-15)30-3/h4-6,9,14-16,21H,7-8,10-12H2,1-3H3,(H,26,29). The lowest BCUT2D eigenvalue weighted by Gasteiger charge is -2.59. The van der Waals surface area contributed by atoms with Gasteiger partial charge in [-0.15, -0.1) is 11.3 Å². The molecule has 1 N–H and O–H groups in total. The number of pyridine rings is 1. The van der Waals surface area contributed by atoms with E-state index in [1.165, 1.54) is 19.3 Å². The molecule has 0 saturated heterocycles. The van der Waals surface area contributed by atoms with Gasteiger partial charge in [0.25, 0.3) is 5.91 Å². The van der Waals surface area contributed by atoms with Gasteiger partial charge in [-0.2, -0.15) is 5.10 Å². The van der Waals surface area contributed by atoms with Crippen molar-refractivity contribution in [3.63, 3.8) is 0 Å². The molecule has 3 aromatic rings. The van der Waals surface area contributed by atoms with Gasteiger partial charge >= 0.3 is 0 Å². The van der Waals surface area contributed by atoms with Crippen molar-refractivity contribution in [3.05, 3.63) is 34.8 Å². The molecular formula is C24H28N4O2S. The highest BCUT2D eigenvalue weighted by atomic mass is 32.1. The maximum absolute atomic E-state index is 13.7. The van der Waals surface area contributed by atoms with E-state index in [-0.39, 0.29) is 17.6 Å². The van der Waals surface area contributed by atoms with Crippen molar-refractivity contribution in [3.8, 4) is 10.6 Å². The number of fused-ring (bicyclic) bond motifs is 1. The Morgan fingerprint density at radius 1 is 1.29 bits per heavy atom. The van der Waals surface area contributed by atoms with Crippen LogP contribution in [0.25, 0.3) is 21.6 Å². The minimum Gasteiger partial charge on any atom is -0.378 e. The molecular weight excluding hydrogens is 408 g/mol. The lowest BCUT2D eigenvalue weighted by molar-refractivity contribution is -0.156. The van der Waals surface area contributed by atoms with Gasteiger partial charge in [-0.3, -0.25) is 9.48 Å². The number of carbonyl (C=O) groups excluding carboxylic acids is 1. The van der Waals surface area contributed by atoms with Crippen LogP contribution in [0, 0.1) is 24.7 Å². The SMILES string of the molecule is COC12CC3CC(C1)C(NC(=O)c1cc(-c4cccs4)nc4c1c(C)nn4C)C(C3)C2. The molecule has 0 aromatic carbocycles. The van der Waals surface area contributed by atoms with Crippen LogP contribution in [0.15, 0.2) is 23.6 Å².